The van der Waals surface area contributed by atoms with Crippen molar-refractivity contribution in [3.63, 3.8) is 0 Å². The van der Waals surface area contributed by atoms with Crippen LogP contribution in [0.2, 0.25) is 0 Å². The summed E-state index contributed by atoms with van der Waals surface area (Å²) in [6.07, 6.45) is 2.09. The molecule has 1 aliphatic carbocycles. The van der Waals surface area contributed by atoms with E-state index in [0.717, 1.165) is 23.7 Å². The fraction of sp³-hybridized carbons (Fsp3) is 0.455. The van der Waals surface area contributed by atoms with Gasteiger partial charge in [-0.3, -0.25) is 4.72 Å². The van der Waals surface area contributed by atoms with Crippen LogP contribution in [-0.2, 0) is 15.4 Å². The first kappa shape index (κ1) is 11.9. The molecule has 0 radical (unpaired) electrons. The molecule has 0 heterocycles. The zero-order valence-electron chi connectivity index (χ0n) is 8.82. The number of nitrogens with one attached hydrogen (secondary N) is 1. The highest BCUT2D eigenvalue weighted by molar-refractivity contribution is 9.08. The highest BCUT2D eigenvalue weighted by Gasteiger charge is 2.27. The summed E-state index contributed by atoms with van der Waals surface area (Å²) in [6, 6.07) is 7.40. The average molecular weight is 304 g/mol. The molecule has 0 aromatic heterocycles. The quantitative estimate of drug-likeness (QED) is 0.850. The summed E-state index contributed by atoms with van der Waals surface area (Å²) in [5, 5.41) is 0.780. The van der Waals surface area contributed by atoms with Gasteiger partial charge >= 0.3 is 0 Å². The number of benzene rings is 1. The first-order chi connectivity index (χ1) is 7.59. The number of alkyl halides is 1. The highest BCUT2D eigenvalue weighted by Crippen LogP contribution is 2.30. The fourth-order valence-electron chi connectivity index (χ4n) is 1.48. The maximum Gasteiger partial charge on any atom is 0.232 e. The molecular formula is C11H14BrNO2S. The van der Waals surface area contributed by atoms with Gasteiger partial charge in [0.05, 0.1) is 5.75 Å². The van der Waals surface area contributed by atoms with Crippen molar-refractivity contribution in [1.82, 2.24) is 0 Å². The van der Waals surface area contributed by atoms with Crippen molar-refractivity contribution in [1.29, 1.82) is 0 Å². The van der Waals surface area contributed by atoms with Gasteiger partial charge in [0.15, 0.2) is 0 Å². The molecule has 1 saturated carbocycles. The number of sulfonamides is 1. The number of rotatable bonds is 5. The normalized spacial score (nSPS) is 16.1. The van der Waals surface area contributed by atoms with Crippen molar-refractivity contribution < 1.29 is 8.42 Å². The van der Waals surface area contributed by atoms with E-state index in [2.05, 4.69) is 20.7 Å². The van der Waals surface area contributed by atoms with Crippen LogP contribution in [0.25, 0.3) is 0 Å². The lowest BCUT2D eigenvalue weighted by atomic mass is 10.2. The van der Waals surface area contributed by atoms with Gasteiger partial charge in [0.2, 0.25) is 10.0 Å². The number of hydrogen-bond donors (Lipinski definition) is 1. The molecule has 0 aliphatic heterocycles. The van der Waals surface area contributed by atoms with Gasteiger partial charge in [0.1, 0.15) is 0 Å². The van der Waals surface area contributed by atoms with Crippen molar-refractivity contribution in [3.8, 4) is 0 Å². The summed E-state index contributed by atoms with van der Waals surface area (Å²) in [7, 11) is -3.15. The molecule has 0 saturated heterocycles. The van der Waals surface area contributed by atoms with Gasteiger partial charge in [0.25, 0.3) is 0 Å². The van der Waals surface area contributed by atoms with Crippen molar-refractivity contribution >= 4 is 31.6 Å². The van der Waals surface area contributed by atoms with E-state index in [1.54, 1.807) is 12.1 Å². The third-order valence-electron chi connectivity index (χ3n) is 2.53. The molecule has 1 fully saturated rings. The first-order valence-electron chi connectivity index (χ1n) is 5.24. The van der Waals surface area contributed by atoms with E-state index in [0.29, 0.717) is 11.6 Å². The predicted molar refractivity (Wildman–Crippen MR) is 69.2 cm³/mol. The largest absolute Gasteiger partial charge is 0.284 e. The minimum Gasteiger partial charge on any atom is -0.284 e. The number of anilines is 1. The van der Waals surface area contributed by atoms with E-state index in [1.165, 1.54) is 0 Å². The van der Waals surface area contributed by atoms with Crippen molar-refractivity contribution in [2.45, 2.75) is 18.2 Å². The third kappa shape index (κ3) is 3.49. The van der Waals surface area contributed by atoms with Crippen LogP contribution >= 0.6 is 15.9 Å². The summed E-state index contributed by atoms with van der Waals surface area (Å²) >= 11 is 3.35. The van der Waals surface area contributed by atoms with Crippen LogP contribution in [0.3, 0.4) is 0 Å². The van der Waals surface area contributed by atoms with Crippen LogP contribution in [0.15, 0.2) is 24.3 Å². The van der Waals surface area contributed by atoms with E-state index in [9.17, 15) is 8.42 Å². The first-order valence-corrected chi connectivity index (χ1v) is 8.02. The fourth-order valence-corrected chi connectivity index (χ4v) is 3.38. The second kappa shape index (κ2) is 4.75. The Morgan fingerprint density at radius 1 is 1.25 bits per heavy atom. The molecule has 0 bridgehead atoms. The summed E-state index contributed by atoms with van der Waals surface area (Å²) in [6.45, 7) is 0. The SMILES string of the molecule is O=S(=O)(CC1CC1)Nc1ccc(CBr)cc1. The molecule has 2 rings (SSSR count). The van der Waals surface area contributed by atoms with E-state index in [-0.39, 0.29) is 5.75 Å². The Balaban J connectivity index is 2.01. The Morgan fingerprint density at radius 3 is 2.38 bits per heavy atom. The summed E-state index contributed by atoms with van der Waals surface area (Å²) < 4.78 is 26.0. The van der Waals surface area contributed by atoms with Crippen molar-refractivity contribution in [2.24, 2.45) is 5.92 Å². The molecule has 3 nitrogen and oxygen atoms in total. The number of hydrogen-bond acceptors (Lipinski definition) is 2. The Bertz CT molecular complexity index is 451. The molecule has 0 unspecified atom stereocenters. The predicted octanol–water partition coefficient (Wildman–Crippen LogP) is 2.73. The minimum absolute atomic E-state index is 0.257. The van der Waals surface area contributed by atoms with E-state index in [4.69, 9.17) is 0 Å². The third-order valence-corrected chi connectivity index (χ3v) is 4.64. The van der Waals surface area contributed by atoms with Gasteiger partial charge in [0, 0.05) is 11.0 Å². The molecule has 0 atom stereocenters. The van der Waals surface area contributed by atoms with Gasteiger partial charge in [-0.15, -0.1) is 0 Å². The van der Waals surface area contributed by atoms with Crippen molar-refractivity contribution in [2.75, 3.05) is 10.5 Å². The molecule has 1 aromatic rings. The van der Waals surface area contributed by atoms with Crippen LogP contribution < -0.4 is 4.72 Å². The summed E-state index contributed by atoms with van der Waals surface area (Å²) in [5.74, 6) is 0.632. The lowest BCUT2D eigenvalue weighted by molar-refractivity contribution is 0.597. The molecule has 0 spiro atoms. The zero-order chi connectivity index (χ0) is 11.6. The van der Waals surface area contributed by atoms with E-state index >= 15 is 0 Å². The summed E-state index contributed by atoms with van der Waals surface area (Å²) in [4.78, 5) is 0. The molecule has 88 valence electrons. The van der Waals surface area contributed by atoms with Gasteiger partial charge in [-0.2, -0.15) is 0 Å². The lowest BCUT2D eigenvalue weighted by Crippen LogP contribution is -2.17. The second-order valence-corrected chi connectivity index (χ2v) is 6.49. The van der Waals surface area contributed by atoms with Crippen LogP contribution in [-0.4, -0.2) is 14.2 Å². The monoisotopic (exact) mass is 303 g/mol. The van der Waals surface area contributed by atoms with Crippen molar-refractivity contribution in [3.05, 3.63) is 29.8 Å². The Kier molecular flexibility index (Phi) is 3.54. The van der Waals surface area contributed by atoms with Gasteiger partial charge in [-0.05, 0) is 36.5 Å². The van der Waals surface area contributed by atoms with Gasteiger partial charge in [-0.25, -0.2) is 8.42 Å². The van der Waals surface area contributed by atoms with Crippen LogP contribution in [0, 0.1) is 5.92 Å². The molecule has 1 aliphatic rings. The Hall–Kier alpha value is -0.550. The lowest BCUT2D eigenvalue weighted by Gasteiger charge is -2.07. The molecule has 0 amide bonds. The highest BCUT2D eigenvalue weighted by atomic mass is 79.9. The standard InChI is InChI=1S/C11H14BrNO2S/c12-7-9-3-5-11(6-4-9)13-16(14,15)8-10-1-2-10/h3-6,10,13H,1-2,7-8H2. The minimum atomic E-state index is -3.15. The maximum atomic E-state index is 11.7. The molecular weight excluding hydrogens is 290 g/mol. The van der Waals surface area contributed by atoms with Crippen LogP contribution in [0.1, 0.15) is 18.4 Å². The maximum absolute atomic E-state index is 11.7. The Labute approximate surface area is 104 Å². The molecule has 5 heteroatoms. The average Bonchev–Trinajstić information content (AvgIpc) is 3.01. The van der Waals surface area contributed by atoms with E-state index in [1.807, 2.05) is 12.1 Å². The number of halogens is 1. The topological polar surface area (TPSA) is 46.2 Å². The van der Waals surface area contributed by atoms with Gasteiger partial charge in [-0.1, -0.05) is 28.1 Å². The molecule has 16 heavy (non-hydrogen) atoms. The zero-order valence-corrected chi connectivity index (χ0v) is 11.2. The van der Waals surface area contributed by atoms with Crippen LogP contribution in [0.4, 0.5) is 5.69 Å². The summed E-state index contributed by atoms with van der Waals surface area (Å²) in [5.41, 5.74) is 1.77. The second-order valence-electron chi connectivity index (χ2n) is 4.16. The molecule has 1 aromatic carbocycles. The smallest absolute Gasteiger partial charge is 0.232 e. The molecule has 1 N–H and O–H groups in total. The Morgan fingerprint density at radius 2 is 1.88 bits per heavy atom. The van der Waals surface area contributed by atoms with E-state index < -0.39 is 10.0 Å². The van der Waals surface area contributed by atoms with Gasteiger partial charge < -0.3 is 0 Å². The van der Waals surface area contributed by atoms with Crippen LogP contribution in [0.5, 0.6) is 0 Å².